The van der Waals surface area contributed by atoms with Crippen molar-refractivity contribution < 1.29 is 14.4 Å². The van der Waals surface area contributed by atoms with Crippen molar-refractivity contribution in [2.45, 2.75) is 26.7 Å². The lowest BCUT2D eigenvalue weighted by Gasteiger charge is -2.08. The molecule has 2 aromatic heterocycles. The molecule has 0 radical (unpaired) electrons. The molecular formula is C23H25N7O3. The maximum atomic E-state index is 12.3. The van der Waals surface area contributed by atoms with Crippen LogP contribution in [0.25, 0.3) is 5.82 Å². The van der Waals surface area contributed by atoms with E-state index in [1.807, 2.05) is 19.9 Å². The van der Waals surface area contributed by atoms with Gasteiger partial charge in [0.25, 0.3) is 11.8 Å². The van der Waals surface area contributed by atoms with Crippen LogP contribution in [0.2, 0.25) is 0 Å². The van der Waals surface area contributed by atoms with E-state index < -0.39 is 0 Å². The Morgan fingerprint density at radius 2 is 1.64 bits per heavy atom. The van der Waals surface area contributed by atoms with Crippen molar-refractivity contribution in [1.82, 2.24) is 30.6 Å². The van der Waals surface area contributed by atoms with E-state index in [1.165, 1.54) is 0 Å². The average Bonchev–Trinajstić information content (AvgIpc) is 3.61. The Kier molecular flexibility index (Phi) is 6.43. The molecular weight excluding hydrogens is 422 g/mol. The number of nitrogens with one attached hydrogen (secondary N) is 3. The Morgan fingerprint density at radius 3 is 2.21 bits per heavy atom. The van der Waals surface area contributed by atoms with Gasteiger partial charge >= 0.3 is 0 Å². The van der Waals surface area contributed by atoms with Crippen LogP contribution in [-0.4, -0.2) is 50.8 Å². The third-order valence-electron chi connectivity index (χ3n) is 5.17. The average molecular weight is 447 g/mol. The van der Waals surface area contributed by atoms with Crippen LogP contribution >= 0.6 is 0 Å². The summed E-state index contributed by atoms with van der Waals surface area (Å²) in [6.45, 7) is 4.29. The number of nitrogens with zero attached hydrogens (tertiary/aromatic N) is 4. The molecule has 3 amide bonds. The van der Waals surface area contributed by atoms with Crippen LogP contribution in [0.5, 0.6) is 0 Å². The Bertz CT molecular complexity index is 1170. The van der Waals surface area contributed by atoms with Crippen LogP contribution in [0.4, 0.5) is 5.69 Å². The first kappa shape index (κ1) is 22.1. The molecule has 33 heavy (non-hydrogen) atoms. The molecule has 0 spiro atoms. The fourth-order valence-corrected chi connectivity index (χ4v) is 3.26. The summed E-state index contributed by atoms with van der Waals surface area (Å²) in [5.74, 6) is 0.0270. The smallest absolute Gasteiger partial charge is 0.271 e. The molecule has 1 fully saturated rings. The minimum absolute atomic E-state index is 0.0221. The van der Waals surface area contributed by atoms with E-state index in [1.54, 1.807) is 41.1 Å². The van der Waals surface area contributed by atoms with Gasteiger partial charge in [0, 0.05) is 36.0 Å². The molecule has 0 aliphatic heterocycles. The minimum atomic E-state index is -0.382. The summed E-state index contributed by atoms with van der Waals surface area (Å²) in [6.07, 6.45) is 1.87. The van der Waals surface area contributed by atoms with E-state index in [4.69, 9.17) is 0 Å². The third kappa shape index (κ3) is 5.59. The molecule has 0 unspecified atom stereocenters. The maximum Gasteiger partial charge on any atom is 0.271 e. The van der Waals surface area contributed by atoms with E-state index in [9.17, 15) is 14.4 Å². The number of hydrogen-bond acceptors (Lipinski definition) is 6. The zero-order valence-electron chi connectivity index (χ0n) is 18.5. The molecule has 1 aromatic carbocycles. The number of anilines is 1. The second-order valence-corrected chi connectivity index (χ2v) is 7.97. The van der Waals surface area contributed by atoms with Crippen LogP contribution in [0.1, 0.15) is 45.1 Å². The normalized spacial score (nSPS) is 12.8. The lowest BCUT2D eigenvalue weighted by Crippen LogP contribution is -2.35. The summed E-state index contributed by atoms with van der Waals surface area (Å²) in [4.78, 5) is 36.3. The number of rotatable bonds is 8. The fraction of sp³-hybridized carbons (Fsp3) is 0.304. The standard InChI is InChI=1S/C23H25N7O3/c1-14-13-15(2)30(29-14)20-10-9-19(27-28-20)23(33)25-12-11-24-21(31)16-5-7-18(8-6-16)26-22(32)17-3-4-17/h5-10,13,17H,3-4,11-12H2,1-2H3,(H,24,31)(H,25,33)(H,26,32). The SMILES string of the molecule is Cc1cc(C)n(-c2ccc(C(=O)NCCNC(=O)c3ccc(NC(=O)C4CC4)cc3)nn2)n1. The molecule has 0 bridgehead atoms. The van der Waals surface area contributed by atoms with Gasteiger partial charge in [-0.05, 0) is 69.2 Å². The molecule has 10 heteroatoms. The van der Waals surface area contributed by atoms with Crippen LogP contribution in [0.3, 0.4) is 0 Å². The van der Waals surface area contributed by atoms with Crippen molar-refractivity contribution >= 4 is 23.4 Å². The van der Waals surface area contributed by atoms with Gasteiger partial charge in [0.05, 0.1) is 5.69 Å². The van der Waals surface area contributed by atoms with Gasteiger partial charge in [-0.1, -0.05) is 0 Å². The highest BCUT2D eigenvalue weighted by Gasteiger charge is 2.29. The summed E-state index contributed by atoms with van der Waals surface area (Å²) in [6, 6.07) is 11.9. The topological polar surface area (TPSA) is 131 Å². The number of aromatic nitrogens is 4. The number of aryl methyl sites for hydroxylation is 2. The van der Waals surface area contributed by atoms with Gasteiger partial charge < -0.3 is 16.0 Å². The molecule has 1 saturated carbocycles. The second kappa shape index (κ2) is 9.60. The summed E-state index contributed by atoms with van der Waals surface area (Å²) >= 11 is 0. The highest BCUT2D eigenvalue weighted by atomic mass is 16.2. The van der Waals surface area contributed by atoms with Crippen LogP contribution in [0, 0.1) is 19.8 Å². The molecule has 0 saturated heterocycles. The molecule has 170 valence electrons. The Hall–Kier alpha value is -4.08. The van der Waals surface area contributed by atoms with Crippen LogP contribution in [-0.2, 0) is 4.79 Å². The predicted molar refractivity (Wildman–Crippen MR) is 121 cm³/mol. The molecule has 1 aliphatic rings. The van der Waals surface area contributed by atoms with Crippen molar-refractivity contribution in [3.63, 3.8) is 0 Å². The largest absolute Gasteiger partial charge is 0.350 e. The molecule has 2 heterocycles. The monoisotopic (exact) mass is 447 g/mol. The van der Waals surface area contributed by atoms with E-state index in [-0.39, 0.29) is 42.4 Å². The van der Waals surface area contributed by atoms with Gasteiger partial charge in [0.2, 0.25) is 5.91 Å². The predicted octanol–water partition coefficient (Wildman–Crippen LogP) is 1.79. The van der Waals surface area contributed by atoms with Gasteiger partial charge in [0.1, 0.15) is 0 Å². The summed E-state index contributed by atoms with van der Waals surface area (Å²) in [5.41, 5.74) is 3.11. The number of amides is 3. The quantitative estimate of drug-likeness (QED) is 0.451. The number of benzene rings is 1. The molecule has 4 rings (SSSR count). The van der Waals surface area contributed by atoms with Gasteiger partial charge in [-0.25, -0.2) is 4.68 Å². The highest BCUT2D eigenvalue weighted by molar-refractivity contribution is 5.97. The van der Waals surface area contributed by atoms with Crippen molar-refractivity contribution in [3.05, 3.63) is 65.1 Å². The highest BCUT2D eigenvalue weighted by Crippen LogP contribution is 2.30. The van der Waals surface area contributed by atoms with Crippen molar-refractivity contribution in [3.8, 4) is 5.82 Å². The van der Waals surface area contributed by atoms with Crippen LogP contribution in [0.15, 0.2) is 42.5 Å². The van der Waals surface area contributed by atoms with E-state index >= 15 is 0 Å². The van der Waals surface area contributed by atoms with Crippen molar-refractivity contribution in [1.29, 1.82) is 0 Å². The van der Waals surface area contributed by atoms with Gasteiger partial charge in [0.15, 0.2) is 11.5 Å². The third-order valence-corrected chi connectivity index (χ3v) is 5.17. The summed E-state index contributed by atoms with van der Waals surface area (Å²) in [5, 5.41) is 20.7. The fourth-order valence-electron chi connectivity index (χ4n) is 3.26. The van der Waals surface area contributed by atoms with Gasteiger partial charge in [-0.2, -0.15) is 5.10 Å². The zero-order valence-corrected chi connectivity index (χ0v) is 18.5. The van der Waals surface area contributed by atoms with E-state index in [2.05, 4.69) is 31.2 Å². The van der Waals surface area contributed by atoms with E-state index in [0.29, 0.717) is 17.1 Å². The number of hydrogen-bond donors (Lipinski definition) is 3. The molecule has 3 N–H and O–H groups in total. The summed E-state index contributed by atoms with van der Waals surface area (Å²) < 4.78 is 1.66. The number of carbonyl (C=O) groups excluding carboxylic acids is 3. The Labute approximate surface area is 190 Å². The van der Waals surface area contributed by atoms with Crippen molar-refractivity contribution in [2.75, 3.05) is 18.4 Å². The molecule has 1 aliphatic carbocycles. The van der Waals surface area contributed by atoms with E-state index in [0.717, 1.165) is 24.2 Å². The first-order valence-electron chi connectivity index (χ1n) is 10.8. The minimum Gasteiger partial charge on any atom is -0.350 e. The lowest BCUT2D eigenvalue weighted by molar-refractivity contribution is -0.117. The lowest BCUT2D eigenvalue weighted by atomic mass is 10.2. The second-order valence-electron chi connectivity index (χ2n) is 7.97. The summed E-state index contributed by atoms with van der Waals surface area (Å²) in [7, 11) is 0. The van der Waals surface area contributed by atoms with Gasteiger partial charge in [-0.3, -0.25) is 14.4 Å². The Balaban J connectivity index is 1.21. The maximum absolute atomic E-state index is 12.3. The molecule has 0 atom stereocenters. The Morgan fingerprint density at radius 1 is 0.939 bits per heavy atom. The van der Waals surface area contributed by atoms with Gasteiger partial charge in [-0.15, -0.1) is 10.2 Å². The molecule has 3 aromatic rings. The zero-order chi connectivity index (χ0) is 23.4. The van der Waals surface area contributed by atoms with Crippen LogP contribution < -0.4 is 16.0 Å². The number of carbonyl (C=O) groups is 3. The van der Waals surface area contributed by atoms with Crippen molar-refractivity contribution in [2.24, 2.45) is 5.92 Å². The first-order chi connectivity index (χ1) is 15.9. The first-order valence-corrected chi connectivity index (χ1v) is 10.8. The molecule has 10 nitrogen and oxygen atoms in total.